The molecule has 24 heavy (non-hydrogen) atoms. The first-order valence-electron chi connectivity index (χ1n) is 7.70. The minimum atomic E-state index is -0.593. The van der Waals surface area contributed by atoms with Gasteiger partial charge in [-0.25, -0.2) is 4.79 Å². The van der Waals surface area contributed by atoms with Gasteiger partial charge in [-0.05, 0) is 23.6 Å². The lowest BCUT2D eigenvalue weighted by Crippen LogP contribution is -2.24. The van der Waals surface area contributed by atoms with Crippen LogP contribution in [0.25, 0.3) is 10.9 Å². The first kappa shape index (κ1) is 16.0. The Kier molecular flexibility index (Phi) is 4.72. The van der Waals surface area contributed by atoms with Gasteiger partial charge in [0.15, 0.2) is 0 Å². The van der Waals surface area contributed by atoms with Gasteiger partial charge in [0, 0.05) is 11.6 Å². The van der Waals surface area contributed by atoms with Crippen LogP contribution in [0.3, 0.4) is 0 Å². The van der Waals surface area contributed by atoms with Crippen molar-refractivity contribution in [2.24, 2.45) is 5.73 Å². The Bertz CT molecular complexity index is 855. The number of para-hydroxylation sites is 1. The molecule has 2 aromatic carbocycles. The van der Waals surface area contributed by atoms with Crippen LogP contribution in [0, 0.1) is 0 Å². The average Bonchev–Trinajstić information content (AvgIpc) is 2.99. The Morgan fingerprint density at radius 3 is 2.58 bits per heavy atom. The molecule has 0 unspecified atom stereocenters. The lowest BCUT2D eigenvalue weighted by molar-refractivity contribution is -0.108. The number of hydrogen-bond donors (Lipinski definition) is 1. The Balaban J connectivity index is 1.85. The molecular weight excluding hydrogens is 304 g/mol. The summed E-state index contributed by atoms with van der Waals surface area (Å²) < 4.78 is 6.85. The van der Waals surface area contributed by atoms with Gasteiger partial charge in [0.2, 0.25) is 0 Å². The molecule has 0 radical (unpaired) electrons. The Morgan fingerprint density at radius 1 is 1.12 bits per heavy atom. The van der Waals surface area contributed by atoms with E-state index < -0.39 is 12.1 Å². The van der Waals surface area contributed by atoms with Gasteiger partial charge in [-0.2, -0.15) is 0 Å². The number of aldehydes is 1. The van der Waals surface area contributed by atoms with Gasteiger partial charge >= 0.3 is 6.09 Å². The van der Waals surface area contributed by atoms with Crippen LogP contribution in [0.2, 0.25) is 0 Å². The minimum Gasteiger partial charge on any atom is -0.444 e. The Labute approximate surface area is 139 Å². The van der Waals surface area contributed by atoms with Gasteiger partial charge in [0.25, 0.3) is 0 Å². The molecular formula is C19H18N2O3. The molecule has 1 heterocycles. The van der Waals surface area contributed by atoms with E-state index in [2.05, 4.69) is 0 Å². The summed E-state index contributed by atoms with van der Waals surface area (Å²) in [5.41, 5.74) is 8.23. The molecule has 0 bridgehead atoms. The van der Waals surface area contributed by atoms with Gasteiger partial charge in [-0.3, -0.25) is 4.57 Å². The molecule has 0 aliphatic rings. The maximum atomic E-state index is 12.4. The average molecular weight is 322 g/mol. The summed E-state index contributed by atoms with van der Waals surface area (Å²) in [5.74, 6) is 0. The van der Waals surface area contributed by atoms with Crippen LogP contribution in [-0.2, 0) is 22.6 Å². The third-order valence-corrected chi connectivity index (χ3v) is 3.83. The summed E-state index contributed by atoms with van der Waals surface area (Å²) in [4.78, 5) is 23.3. The second kappa shape index (κ2) is 7.10. The van der Waals surface area contributed by atoms with Crippen molar-refractivity contribution in [2.75, 3.05) is 0 Å². The molecule has 2 N–H and O–H groups in total. The topological polar surface area (TPSA) is 74.3 Å². The molecule has 3 aromatic rings. The molecule has 0 fully saturated rings. The van der Waals surface area contributed by atoms with Crippen molar-refractivity contribution in [1.82, 2.24) is 4.57 Å². The molecule has 5 heteroatoms. The highest BCUT2D eigenvalue weighted by Gasteiger charge is 2.16. The summed E-state index contributed by atoms with van der Waals surface area (Å²) in [7, 11) is 0. The molecule has 3 rings (SSSR count). The molecule has 5 nitrogen and oxygen atoms in total. The van der Waals surface area contributed by atoms with Gasteiger partial charge in [0.1, 0.15) is 12.9 Å². The maximum Gasteiger partial charge on any atom is 0.418 e. The number of benzene rings is 2. The quantitative estimate of drug-likeness (QED) is 0.733. The maximum absolute atomic E-state index is 12.4. The number of aromatic nitrogens is 1. The number of hydrogen-bond acceptors (Lipinski definition) is 4. The standard InChI is InChI=1S/C19H18N2O3/c20-16(12-22)10-15-11-21(18-9-5-4-8-17(15)18)19(23)24-13-14-6-2-1-3-7-14/h1-9,11-12,16H,10,13,20H2/t16-/m1/s1. The van der Waals surface area contributed by atoms with Crippen molar-refractivity contribution in [2.45, 2.75) is 19.1 Å². The molecule has 0 saturated carbocycles. The number of ether oxygens (including phenoxy) is 1. The summed E-state index contributed by atoms with van der Waals surface area (Å²) >= 11 is 0. The number of carbonyl (C=O) groups is 2. The number of rotatable bonds is 5. The molecule has 0 saturated heterocycles. The number of nitrogens with two attached hydrogens (primary N) is 1. The van der Waals surface area contributed by atoms with Gasteiger partial charge in [-0.1, -0.05) is 48.5 Å². The van der Waals surface area contributed by atoms with Gasteiger partial charge < -0.3 is 15.3 Å². The predicted octanol–water partition coefficient (Wildman–Crippen LogP) is 2.89. The predicted molar refractivity (Wildman–Crippen MR) is 91.7 cm³/mol. The molecule has 1 atom stereocenters. The third kappa shape index (κ3) is 3.36. The van der Waals surface area contributed by atoms with Crippen LogP contribution in [0.1, 0.15) is 11.1 Å². The lowest BCUT2D eigenvalue weighted by Gasteiger charge is -2.06. The first-order chi connectivity index (χ1) is 11.7. The van der Waals surface area contributed by atoms with E-state index in [-0.39, 0.29) is 6.61 Å². The zero-order valence-corrected chi connectivity index (χ0v) is 13.1. The lowest BCUT2D eigenvalue weighted by atomic mass is 10.1. The van der Waals surface area contributed by atoms with Crippen LogP contribution >= 0.6 is 0 Å². The summed E-state index contributed by atoms with van der Waals surface area (Å²) in [6, 6.07) is 16.4. The van der Waals surface area contributed by atoms with Crippen molar-refractivity contribution < 1.29 is 14.3 Å². The van der Waals surface area contributed by atoms with E-state index in [1.54, 1.807) is 6.20 Å². The summed E-state index contributed by atoms with van der Waals surface area (Å²) in [6.45, 7) is 0.204. The number of fused-ring (bicyclic) bond motifs is 1. The monoisotopic (exact) mass is 322 g/mol. The second-order valence-electron chi connectivity index (χ2n) is 5.59. The Hall–Kier alpha value is -2.92. The van der Waals surface area contributed by atoms with E-state index in [0.717, 1.165) is 22.0 Å². The van der Waals surface area contributed by atoms with Crippen molar-refractivity contribution in [3.05, 3.63) is 71.9 Å². The fourth-order valence-electron chi connectivity index (χ4n) is 2.65. The zero-order chi connectivity index (χ0) is 16.9. The third-order valence-electron chi connectivity index (χ3n) is 3.83. The van der Waals surface area contributed by atoms with Gasteiger partial charge in [-0.15, -0.1) is 0 Å². The molecule has 0 aliphatic carbocycles. The molecule has 0 amide bonds. The largest absolute Gasteiger partial charge is 0.444 e. The van der Waals surface area contributed by atoms with E-state index in [4.69, 9.17) is 10.5 Å². The van der Waals surface area contributed by atoms with E-state index in [1.807, 2.05) is 54.6 Å². The van der Waals surface area contributed by atoms with Crippen LogP contribution in [0.5, 0.6) is 0 Å². The zero-order valence-electron chi connectivity index (χ0n) is 13.1. The minimum absolute atomic E-state index is 0.204. The van der Waals surface area contributed by atoms with Crippen molar-refractivity contribution in [3.8, 4) is 0 Å². The van der Waals surface area contributed by atoms with Crippen LogP contribution in [0.4, 0.5) is 4.79 Å². The first-order valence-corrected chi connectivity index (χ1v) is 7.70. The Morgan fingerprint density at radius 2 is 1.83 bits per heavy atom. The number of nitrogens with zero attached hydrogens (tertiary/aromatic N) is 1. The normalized spacial score (nSPS) is 12.0. The van der Waals surface area contributed by atoms with Crippen molar-refractivity contribution in [3.63, 3.8) is 0 Å². The molecule has 0 aliphatic heterocycles. The van der Waals surface area contributed by atoms with E-state index in [1.165, 1.54) is 4.57 Å². The smallest absolute Gasteiger partial charge is 0.418 e. The molecule has 1 aromatic heterocycles. The van der Waals surface area contributed by atoms with Gasteiger partial charge in [0.05, 0.1) is 11.6 Å². The van der Waals surface area contributed by atoms with Crippen molar-refractivity contribution >= 4 is 23.3 Å². The van der Waals surface area contributed by atoms with Crippen molar-refractivity contribution in [1.29, 1.82) is 0 Å². The van der Waals surface area contributed by atoms with E-state index in [9.17, 15) is 9.59 Å². The van der Waals surface area contributed by atoms with E-state index in [0.29, 0.717) is 12.7 Å². The van der Waals surface area contributed by atoms with Crippen LogP contribution in [-0.4, -0.2) is 23.0 Å². The van der Waals surface area contributed by atoms with Crippen LogP contribution in [0.15, 0.2) is 60.8 Å². The summed E-state index contributed by atoms with van der Waals surface area (Å²) in [5, 5.41) is 0.895. The fourth-order valence-corrected chi connectivity index (χ4v) is 2.65. The fraction of sp³-hybridized carbons (Fsp3) is 0.158. The number of carbonyl (C=O) groups excluding carboxylic acids is 2. The highest BCUT2D eigenvalue weighted by Crippen LogP contribution is 2.22. The highest BCUT2D eigenvalue weighted by atomic mass is 16.5. The van der Waals surface area contributed by atoms with Crippen LogP contribution < -0.4 is 5.73 Å². The molecule has 122 valence electrons. The molecule has 0 spiro atoms. The SMILES string of the molecule is N[C@@H](C=O)Cc1cn(C(=O)OCc2ccccc2)c2ccccc12. The van der Waals surface area contributed by atoms with E-state index >= 15 is 0 Å². The summed E-state index contributed by atoms with van der Waals surface area (Å²) in [6.07, 6.45) is 2.32. The second-order valence-corrected chi connectivity index (χ2v) is 5.59. The highest BCUT2D eigenvalue weighted by molar-refractivity contribution is 5.92.